The van der Waals surface area contributed by atoms with Crippen LogP contribution in [-0.2, 0) is 19.1 Å². The Kier molecular flexibility index (Phi) is 4.22. The Morgan fingerprint density at radius 1 is 1.25 bits per heavy atom. The van der Waals surface area contributed by atoms with Gasteiger partial charge in [-0.15, -0.1) is 0 Å². The van der Waals surface area contributed by atoms with Gasteiger partial charge in [0.05, 0.1) is 6.10 Å². The van der Waals surface area contributed by atoms with Crippen molar-refractivity contribution in [1.82, 2.24) is 5.32 Å². The number of carbonyl (C=O) groups excluding carboxylic acids is 2. The van der Waals surface area contributed by atoms with Gasteiger partial charge < -0.3 is 14.8 Å². The molecule has 8 heteroatoms. The number of halogens is 3. The van der Waals surface area contributed by atoms with Crippen molar-refractivity contribution in [3.05, 3.63) is 0 Å². The molecular formula is C12H16F3NO4. The molecule has 1 saturated heterocycles. The topological polar surface area (TPSA) is 64.6 Å². The summed E-state index contributed by atoms with van der Waals surface area (Å²) in [4.78, 5) is 23.3. The fourth-order valence-electron chi connectivity index (χ4n) is 2.33. The van der Waals surface area contributed by atoms with Crippen molar-refractivity contribution in [3.8, 4) is 0 Å². The normalized spacial score (nSPS) is 34.1. The molecular weight excluding hydrogens is 279 g/mol. The van der Waals surface area contributed by atoms with Gasteiger partial charge in [0.2, 0.25) is 5.91 Å². The third kappa shape index (κ3) is 3.23. The van der Waals surface area contributed by atoms with Gasteiger partial charge in [0, 0.05) is 20.0 Å². The summed E-state index contributed by atoms with van der Waals surface area (Å²) in [5, 5.41) is 1.83. The van der Waals surface area contributed by atoms with Gasteiger partial charge in [-0.25, -0.2) is 0 Å². The maximum Gasteiger partial charge on any atom is 0.408 e. The van der Waals surface area contributed by atoms with Gasteiger partial charge in [-0.1, -0.05) is 0 Å². The summed E-state index contributed by atoms with van der Waals surface area (Å²) in [5.74, 6) is -2.80. The first-order chi connectivity index (χ1) is 9.31. The van der Waals surface area contributed by atoms with Gasteiger partial charge in [0.15, 0.2) is 0 Å². The third-order valence-corrected chi connectivity index (χ3v) is 3.72. The van der Waals surface area contributed by atoms with E-state index in [9.17, 15) is 22.8 Å². The lowest BCUT2D eigenvalue weighted by molar-refractivity contribution is -0.180. The van der Waals surface area contributed by atoms with Crippen molar-refractivity contribution in [3.63, 3.8) is 0 Å². The summed E-state index contributed by atoms with van der Waals surface area (Å²) in [7, 11) is 1.55. The molecule has 5 nitrogen and oxygen atoms in total. The number of carbonyl (C=O) groups is 2. The Labute approximate surface area is 113 Å². The lowest BCUT2D eigenvalue weighted by Crippen LogP contribution is -2.53. The van der Waals surface area contributed by atoms with Crippen LogP contribution in [0.5, 0.6) is 0 Å². The molecule has 0 aromatic heterocycles. The second kappa shape index (κ2) is 5.59. The Morgan fingerprint density at radius 3 is 2.40 bits per heavy atom. The van der Waals surface area contributed by atoms with Gasteiger partial charge in [0.1, 0.15) is 18.1 Å². The minimum absolute atomic E-state index is 0.0441. The standard InChI is InChI=1S/C12H16F3NO4/c1-19-6-4-7(5-6)20-11(18)8-2-3-9(12(13,14)15)16-10(8)17/h6-9H,2-5H2,1H3,(H,16,17). The quantitative estimate of drug-likeness (QED) is 0.627. The first kappa shape index (κ1) is 15.1. The minimum atomic E-state index is -4.48. The fourth-order valence-corrected chi connectivity index (χ4v) is 2.33. The van der Waals surface area contributed by atoms with Crippen LogP contribution in [0.4, 0.5) is 13.2 Å². The molecule has 1 heterocycles. The number of hydrogen-bond donors (Lipinski definition) is 1. The van der Waals surface area contributed by atoms with Crippen LogP contribution in [0.25, 0.3) is 0 Å². The van der Waals surface area contributed by atoms with Crippen LogP contribution in [0.3, 0.4) is 0 Å². The maximum absolute atomic E-state index is 12.5. The van der Waals surface area contributed by atoms with Crippen molar-refractivity contribution in [1.29, 1.82) is 0 Å². The monoisotopic (exact) mass is 295 g/mol. The first-order valence-electron chi connectivity index (χ1n) is 6.41. The highest BCUT2D eigenvalue weighted by molar-refractivity contribution is 5.98. The number of esters is 1. The number of alkyl halides is 3. The van der Waals surface area contributed by atoms with E-state index in [1.54, 1.807) is 7.11 Å². The second-order valence-corrected chi connectivity index (χ2v) is 5.12. The molecule has 1 aliphatic heterocycles. The van der Waals surface area contributed by atoms with E-state index >= 15 is 0 Å². The highest BCUT2D eigenvalue weighted by Crippen LogP contribution is 2.31. The number of methoxy groups -OCH3 is 1. The highest BCUT2D eigenvalue weighted by atomic mass is 19.4. The number of amides is 1. The molecule has 1 N–H and O–H groups in total. The van der Waals surface area contributed by atoms with Crippen LogP contribution in [0, 0.1) is 5.92 Å². The van der Waals surface area contributed by atoms with Crippen molar-refractivity contribution in [2.45, 2.75) is 50.1 Å². The molecule has 0 bridgehead atoms. The molecule has 0 aromatic carbocycles. The van der Waals surface area contributed by atoms with Gasteiger partial charge in [-0.3, -0.25) is 9.59 Å². The molecule has 2 rings (SSSR count). The number of ether oxygens (including phenoxy) is 2. The summed E-state index contributed by atoms with van der Waals surface area (Å²) in [6.45, 7) is 0. The Morgan fingerprint density at radius 2 is 1.90 bits per heavy atom. The highest BCUT2D eigenvalue weighted by Gasteiger charge is 2.47. The molecule has 2 unspecified atom stereocenters. The summed E-state index contributed by atoms with van der Waals surface area (Å²) in [5.41, 5.74) is 0. The Hall–Kier alpha value is -1.31. The average molecular weight is 295 g/mol. The molecule has 1 saturated carbocycles. The van der Waals surface area contributed by atoms with Crippen LogP contribution in [0.15, 0.2) is 0 Å². The van der Waals surface area contributed by atoms with E-state index in [-0.39, 0.29) is 25.0 Å². The SMILES string of the molecule is COC1CC(OC(=O)C2CCC(C(F)(F)F)NC2=O)C1. The minimum Gasteiger partial charge on any atom is -0.462 e. The number of rotatable bonds is 3. The van der Waals surface area contributed by atoms with Gasteiger partial charge >= 0.3 is 12.1 Å². The molecule has 2 atom stereocenters. The zero-order valence-electron chi connectivity index (χ0n) is 10.9. The second-order valence-electron chi connectivity index (χ2n) is 5.12. The van der Waals surface area contributed by atoms with E-state index in [0.717, 1.165) is 0 Å². The van der Waals surface area contributed by atoms with Crippen molar-refractivity contribution < 1.29 is 32.2 Å². The predicted octanol–water partition coefficient (Wildman–Crippen LogP) is 1.16. The lowest BCUT2D eigenvalue weighted by atomic mass is 9.90. The number of piperidine rings is 1. The summed E-state index contributed by atoms with van der Waals surface area (Å²) >= 11 is 0. The van der Waals surface area contributed by atoms with Crippen LogP contribution in [-0.4, -0.2) is 43.4 Å². The molecule has 1 aliphatic carbocycles. The van der Waals surface area contributed by atoms with E-state index < -0.39 is 30.0 Å². The van der Waals surface area contributed by atoms with Crippen LogP contribution < -0.4 is 5.32 Å². The van der Waals surface area contributed by atoms with E-state index in [0.29, 0.717) is 12.8 Å². The smallest absolute Gasteiger partial charge is 0.408 e. The Bertz CT molecular complexity index is 393. The Balaban J connectivity index is 1.82. The van der Waals surface area contributed by atoms with Crippen molar-refractivity contribution >= 4 is 11.9 Å². The van der Waals surface area contributed by atoms with Gasteiger partial charge in [-0.2, -0.15) is 13.2 Å². The third-order valence-electron chi connectivity index (χ3n) is 3.72. The lowest BCUT2D eigenvalue weighted by Gasteiger charge is -2.35. The maximum atomic E-state index is 12.5. The zero-order valence-corrected chi connectivity index (χ0v) is 10.9. The van der Waals surface area contributed by atoms with Crippen molar-refractivity contribution in [2.24, 2.45) is 5.92 Å². The largest absolute Gasteiger partial charge is 0.462 e. The fraction of sp³-hybridized carbons (Fsp3) is 0.833. The summed E-state index contributed by atoms with van der Waals surface area (Å²) in [6.07, 6.45) is -4.08. The molecule has 114 valence electrons. The molecule has 2 fully saturated rings. The molecule has 2 aliphatic rings. The molecule has 0 spiro atoms. The number of nitrogens with one attached hydrogen (secondary N) is 1. The number of hydrogen-bond acceptors (Lipinski definition) is 4. The summed E-state index contributed by atoms with van der Waals surface area (Å²) < 4.78 is 47.5. The average Bonchev–Trinajstić information content (AvgIpc) is 2.31. The van der Waals surface area contributed by atoms with Crippen LogP contribution >= 0.6 is 0 Å². The predicted molar refractivity (Wildman–Crippen MR) is 60.6 cm³/mol. The van der Waals surface area contributed by atoms with Gasteiger partial charge in [0.25, 0.3) is 0 Å². The van der Waals surface area contributed by atoms with Crippen LogP contribution in [0.2, 0.25) is 0 Å². The summed E-state index contributed by atoms with van der Waals surface area (Å²) in [6, 6.07) is -1.87. The molecule has 1 amide bonds. The van der Waals surface area contributed by atoms with E-state index in [1.165, 1.54) is 0 Å². The van der Waals surface area contributed by atoms with E-state index in [2.05, 4.69) is 0 Å². The van der Waals surface area contributed by atoms with E-state index in [4.69, 9.17) is 9.47 Å². The molecule has 20 heavy (non-hydrogen) atoms. The van der Waals surface area contributed by atoms with Crippen molar-refractivity contribution in [2.75, 3.05) is 7.11 Å². The molecule has 0 radical (unpaired) electrons. The van der Waals surface area contributed by atoms with E-state index in [1.807, 2.05) is 5.32 Å². The molecule has 0 aromatic rings. The van der Waals surface area contributed by atoms with Gasteiger partial charge in [-0.05, 0) is 12.8 Å². The van der Waals surface area contributed by atoms with Crippen LogP contribution in [0.1, 0.15) is 25.7 Å². The zero-order chi connectivity index (χ0) is 14.9. The first-order valence-corrected chi connectivity index (χ1v) is 6.41.